The van der Waals surface area contributed by atoms with Gasteiger partial charge in [-0.25, -0.2) is 0 Å². The van der Waals surface area contributed by atoms with E-state index in [0.29, 0.717) is 17.1 Å². The van der Waals surface area contributed by atoms with E-state index in [1.807, 2.05) is 24.3 Å². The topological polar surface area (TPSA) is 70.7 Å². The number of methoxy groups -OCH3 is 1. The van der Waals surface area contributed by atoms with Crippen molar-refractivity contribution in [1.29, 1.82) is 0 Å². The minimum absolute atomic E-state index is 0.0827. The van der Waals surface area contributed by atoms with Crippen molar-refractivity contribution in [2.24, 2.45) is 0 Å². The molecule has 1 aliphatic heterocycles. The quantitative estimate of drug-likeness (QED) is 0.674. The molecule has 0 radical (unpaired) electrons. The molecule has 0 aromatic heterocycles. The highest BCUT2D eigenvalue weighted by molar-refractivity contribution is 6.30. The van der Waals surface area contributed by atoms with E-state index in [1.54, 1.807) is 31.4 Å². The summed E-state index contributed by atoms with van der Waals surface area (Å²) in [4.78, 5) is 27.0. The fraction of sp³-hybridized carbons (Fsp3) is 0.391. The summed E-state index contributed by atoms with van der Waals surface area (Å²) in [5.41, 5.74) is 1.57. The van der Waals surface area contributed by atoms with E-state index in [-0.39, 0.29) is 24.4 Å². The fourth-order valence-electron chi connectivity index (χ4n) is 3.68. The third-order valence-electron chi connectivity index (χ3n) is 5.32. The summed E-state index contributed by atoms with van der Waals surface area (Å²) in [6.45, 7) is 2.43. The van der Waals surface area contributed by atoms with Gasteiger partial charge in [-0.1, -0.05) is 36.2 Å². The maximum atomic E-state index is 12.4. The average molecular weight is 430 g/mol. The Balaban J connectivity index is 1.57. The Bertz CT molecular complexity index is 851. The number of benzene rings is 2. The zero-order valence-corrected chi connectivity index (χ0v) is 18.0. The second kappa shape index (κ2) is 11.0. The highest BCUT2D eigenvalue weighted by atomic mass is 35.5. The van der Waals surface area contributed by atoms with Gasteiger partial charge in [-0.2, -0.15) is 0 Å². The van der Waals surface area contributed by atoms with Gasteiger partial charge in [-0.3, -0.25) is 14.5 Å². The lowest BCUT2D eigenvalue weighted by atomic mass is 10.0. The molecule has 0 saturated carbocycles. The molecule has 2 amide bonds. The molecule has 2 aromatic rings. The number of likely N-dealkylation sites (tertiary alicyclic amines) is 1. The van der Waals surface area contributed by atoms with Gasteiger partial charge < -0.3 is 15.4 Å². The van der Waals surface area contributed by atoms with Crippen molar-refractivity contribution in [3.8, 4) is 5.75 Å². The molecule has 0 unspecified atom stereocenters. The Morgan fingerprint density at radius 3 is 2.47 bits per heavy atom. The molecule has 7 heteroatoms. The zero-order valence-electron chi connectivity index (χ0n) is 17.2. The molecule has 3 rings (SSSR count). The number of nitrogens with zero attached hydrogens (tertiary/aromatic N) is 1. The number of carbonyl (C=O) groups excluding carboxylic acids is 2. The first kappa shape index (κ1) is 22.1. The molecule has 1 aliphatic rings. The molecule has 1 fully saturated rings. The summed E-state index contributed by atoms with van der Waals surface area (Å²) < 4.78 is 5.26. The molecule has 160 valence electrons. The molecule has 0 bridgehead atoms. The lowest BCUT2D eigenvalue weighted by Gasteiger charge is -2.35. The van der Waals surface area contributed by atoms with Crippen LogP contribution in [0.5, 0.6) is 5.75 Å². The summed E-state index contributed by atoms with van der Waals surface area (Å²) >= 11 is 5.92. The van der Waals surface area contributed by atoms with Crippen LogP contribution >= 0.6 is 11.6 Å². The van der Waals surface area contributed by atoms with Gasteiger partial charge in [0.15, 0.2) is 0 Å². The molecule has 0 aliphatic carbocycles. The Kier molecular flexibility index (Phi) is 8.11. The van der Waals surface area contributed by atoms with Crippen LogP contribution in [0.15, 0.2) is 48.5 Å². The third kappa shape index (κ3) is 6.21. The molecule has 6 nitrogen and oxygen atoms in total. The molecule has 1 heterocycles. The van der Waals surface area contributed by atoms with Crippen molar-refractivity contribution < 1.29 is 14.3 Å². The van der Waals surface area contributed by atoms with Crippen LogP contribution in [-0.4, -0.2) is 50.0 Å². The number of ether oxygens (including phenoxy) is 1. The maximum Gasteiger partial charge on any atom is 0.251 e. The third-order valence-corrected chi connectivity index (χ3v) is 5.56. The first-order chi connectivity index (χ1) is 14.6. The summed E-state index contributed by atoms with van der Waals surface area (Å²) in [6, 6.07) is 14.7. The van der Waals surface area contributed by atoms with Gasteiger partial charge in [0.2, 0.25) is 5.91 Å². The van der Waals surface area contributed by atoms with Crippen molar-refractivity contribution in [1.82, 2.24) is 15.5 Å². The molecule has 1 atom stereocenters. The van der Waals surface area contributed by atoms with Crippen molar-refractivity contribution in [3.63, 3.8) is 0 Å². The predicted molar refractivity (Wildman–Crippen MR) is 118 cm³/mol. The van der Waals surface area contributed by atoms with Crippen LogP contribution in [0.25, 0.3) is 0 Å². The van der Waals surface area contributed by atoms with Crippen molar-refractivity contribution >= 4 is 23.4 Å². The lowest BCUT2D eigenvalue weighted by molar-refractivity contribution is -0.120. The van der Waals surface area contributed by atoms with E-state index in [2.05, 4.69) is 15.5 Å². The van der Waals surface area contributed by atoms with Crippen molar-refractivity contribution in [2.75, 3.05) is 33.3 Å². The second-order valence-corrected chi connectivity index (χ2v) is 7.82. The monoisotopic (exact) mass is 429 g/mol. The number of nitrogens with one attached hydrogen (secondary N) is 2. The number of halogens is 1. The number of carbonyl (C=O) groups is 2. The largest absolute Gasteiger partial charge is 0.497 e. The summed E-state index contributed by atoms with van der Waals surface area (Å²) in [5, 5.41) is 6.10. The van der Waals surface area contributed by atoms with Gasteiger partial charge in [0.25, 0.3) is 5.91 Å². The summed E-state index contributed by atoms with van der Waals surface area (Å²) in [5.74, 6) is 0.264. The van der Waals surface area contributed by atoms with Gasteiger partial charge in [0.1, 0.15) is 5.75 Å². The summed E-state index contributed by atoms with van der Waals surface area (Å²) in [7, 11) is 1.65. The molecule has 30 heavy (non-hydrogen) atoms. The summed E-state index contributed by atoms with van der Waals surface area (Å²) in [6.07, 6.45) is 3.57. The number of piperidine rings is 1. The second-order valence-electron chi connectivity index (χ2n) is 7.38. The molecular formula is C23H28ClN3O3. The Morgan fingerprint density at radius 1 is 1.07 bits per heavy atom. The van der Waals surface area contributed by atoms with E-state index in [4.69, 9.17) is 16.3 Å². The van der Waals surface area contributed by atoms with Gasteiger partial charge in [0, 0.05) is 17.1 Å². The van der Waals surface area contributed by atoms with E-state index in [1.165, 1.54) is 6.42 Å². The number of rotatable bonds is 8. The molecular weight excluding hydrogens is 402 g/mol. The van der Waals surface area contributed by atoms with Crippen LogP contribution in [0.2, 0.25) is 5.02 Å². The van der Waals surface area contributed by atoms with Crippen LogP contribution in [-0.2, 0) is 4.79 Å². The Labute approximate surface area is 182 Å². The standard InChI is InChI=1S/C23H28ClN3O3/c1-30-20-10-8-17(9-11-20)21(27-12-3-2-4-13-27)15-25-22(28)16-26-23(29)18-6-5-7-19(24)14-18/h5-11,14,21H,2-4,12-13,15-16H2,1H3,(H,25,28)(H,26,29)/t21-/m0/s1. The first-order valence-corrected chi connectivity index (χ1v) is 10.6. The van der Waals surface area contributed by atoms with E-state index >= 15 is 0 Å². The predicted octanol–water partition coefficient (Wildman–Crippen LogP) is 3.42. The highest BCUT2D eigenvalue weighted by Gasteiger charge is 2.23. The molecule has 0 spiro atoms. The van der Waals surface area contributed by atoms with Crippen LogP contribution < -0.4 is 15.4 Å². The normalized spacial score (nSPS) is 15.3. The van der Waals surface area contributed by atoms with Crippen LogP contribution in [0, 0.1) is 0 Å². The van der Waals surface area contributed by atoms with E-state index < -0.39 is 0 Å². The van der Waals surface area contributed by atoms with E-state index in [9.17, 15) is 9.59 Å². The average Bonchev–Trinajstić information content (AvgIpc) is 2.78. The molecule has 2 N–H and O–H groups in total. The van der Waals surface area contributed by atoms with Crippen molar-refractivity contribution in [2.45, 2.75) is 25.3 Å². The smallest absolute Gasteiger partial charge is 0.251 e. The van der Waals surface area contributed by atoms with Gasteiger partial charge >= 0.3 is 0 Å². The lowest BCUT2D eigenvalue weighted by Crippen LogP contribution is -2.43. The van der Waals surface area contributed by atoms with Gasteiger partial charge in [0.05, 0.1) is 19.7 Å². The highest BCUT2D eigenvalue weighted by Crippen LogP contribution is 2.25. The van der Waals surface area contributed by atoms with Crippen LogP contribution in [0.1, 0.15) is 41.2 Å². The maximum absolute atomic E-state index is 12.4. The van der Waals surface area contributed by atoms with Crippen molar-refractivity contribution in [3.05, 3.63) is 64.7 Å². The van der Waals surface area contributed by atoms with E-state index in [0.717, 1.165) is 37.2 Å². The Hall–Kier alpha value is -2.57. The van der Waals surface area contributed by atoms with Crippen LogP contribution in [0.3, 0.4) is 0 Å². The van der Waals surface area contributed by atoms with Crippen LogP contribution in [0.4, 0.5) is 0 Å². The minimum Gasteiger partial charge on any atom is -0.497 e. The SMILES string of the molecule is COc1ccc([C@H](CNC(=O)CNC(=O)c2cccc(Cl)c2)N2CCCCC2)cc1. The van der Waals surface area contributed by atoms with Gasteiger partial charge in [-0.05, 0) is 61.8 Å². The van der Waals surface area contributed by atoms with Gasteiger partial charge in [-0.15, -0.1) is 0 Å². The fourth-order valence-corrected chi connectivity index (χ4v) is 3.87. The molecule has 2 aromatic carbocycles. The molecule has 1 saturated heterocycles. The number of amides is 2. The zero-order chi connectivity index (χ0) is 21.3. The first-order valence-electron chi connectivity index (χ1n) is 10.3. The Morgan fingerprint density at radius 2 is 1.80 bits per heavy atom. The number of hydrogen-bond acceptors (Lipinski definition) is 4. The minimum atomic E-state index is -0.324. The number of hydrogen-bond donors (Lipinski definition) is 2.